The van der Waals surface area contributed by atoms with Crippen LogP contribution in [0.1, 0.15) is 24.5 Å². The summed E-state index contributed by atoms with van der Waals surface area (Å²) in [5.74, 6) is -0.421. The van der Waals surface area contributed by atoms with E-state index in [2.05, 4.69) is 15.8 Å². The molecule has 0 aromatic heterocycles. The molecule has 0 unspecified atom stereocenters. The molecule has 0 fully saturated rings. The molecule has 2 aromatic rings. The van der Waals surface area contributed by atoms with Crippen molar-refractivity contribution in [2.75, 3.05) is 12.4 Å². The molecule has 8 heteroatoms. The molecule has 144 valence electrons. The number of ether oxygens (including phenoxy) is 1. The van der Waals surface area contributed by atoms with Crippen LogP contribution in [0.4, 0.5) is 5.69 Å². The Morgan fingerprint density at radius 2 is 1.93 bits per heavy atom. The second-order valence-electron chi connectivity index (χ2n) is 6.12. The van der Waals surface area contributed by atoms with E-state index in [1.165, 1.54) is 14.0 Å². The van der Waals surface area contributed by atoms with Crippen molar-refractivity contribution in [1.82, 2.24) is 5.43 Å². The van der Waals surface area contributed by atoms with Crippen molar-refractivity contribution in [3.63, 3.8) is 0 Å². The molecule has 1 aliphatic heterocycles. The molecule has 1 atom stereocenters. The van der Waals surface area contributed by atoms with Gasteiger partial charge in [-0.05, 0) is 18.2 Å². The van der Waals surface area contributed by atoms with E-state index < -0.39 is 12.0 Å². The van der Waals surface area contributed by atoms with Crippen LogP contribution in [-0.4, -0.2) is 36.6 Å². The number of hydrogen-bond donors (Lipinski definition) is 2. The van der Waals surface area contributed by atoms with Crippen molar-refractivity contribution in [1.29, 1.82) is 0 Å². The van der Waals surface area contributed by atoms with Gasteiger partial charge in [-0.1, -0.05) is 41.9 Å². The smallest absolute Gasteiger partial charge is 0.308 e. The minimum atomic E-state index is -0.669. The molecule has 0 saturated heterocycles. The molecule has 28 heavy (non-hydrogen) atoms. The SMILES string of the molecule is COC(=O)C[C@@H]1N=C(c2ccc(Cl)cc2)c2ccccc2N/C1=N\NC(C)=O. The van der Waals surface area contributed by atoms with Crippen LogP contribution in [0, 0.1) is 0 Å². The highest BCUT2D eigenvalue weighted by Crippen LogP contribution is 2.26. The Morgan fingerprint density at radius 3 is 2.61 bits per heavy atom. The Balaban J connectivity index is 2.15. The Hall–Kier alpha value is -3.19. The number of fused-ring (bicyclic) bond motifs is 1. The first-order chi connectivity index (χ1) is 13.5. The van der Waals surface area contributed by atoms with Crippen LogP contribution in [0.5, 0.6) is 0 Å². The highest BCUT2D eigenvalue weighted by molar-refractivity contribution is 6.30. The Labute approximate surface area is 167 Å². The van der Waals surface area contributed by atoms with Crippen molar-refractivity contribution in [2.45, 2.75) is 19.4 Å². The number of benzodiazepines with no additional fused rings is 1. The summed E-state index contributed by atoms with van der Waals surface area (Å²) in [4.78, 5) is 28.1. The molecule has 0 spiro atoms. The maximum absolute atomic E-state index is 12.0. The third-order valence-corrected chi connectivity index (χ3v) is 4.34. The number of rotatable bonds is 4. The lowest BCUT2D eigenvalue weighted by Crippen LogP contribution is -2.32. The number of methoxy groups -OCH3 is 1. The summed E-state index contributed by atoms with van der Waals surface area (Å²) in [6, 6.07) is 14.2. The largest absolute Gasteiger partial charge is 0.469 e. The van der Waals surface area contributed by atoms with Crippen LogP contribution >= 0.6 is 11.6 Å². The van der Waals surface area contributed by atoms with Gasteiger partial charge in [0.05, 0.1) is 19.2 Å². The number of aliphatic imine (C=N–C) groups is 1. The summed E-state index contributed by atoms with van der Waals surface area (Å²) < 4.78 is 4.81. The molecular weight excluding hydrogens is 380 g/mol. The van der Waals surface area contributed by atoms with Gasteiger partial charge in [0.15, 0.2) is 5.84 Å². The second-order valence-corrected chi connectivity index (χ2v) is 6.55. The van der Waals surface area contributed by atoms with Crippen molar-refractivity contribution in [2.24, 2.45) is 10.1 Å². The molecule has 1 amide bonds. The monoisotopic (exact) mass is 398 g/mol. The highest BCUT2D eigenvalue weighted by atomic mass is 35.5. The van der Waals surface area contributed by atoms with Crippen molar-refractivity contribution in [3.8, 4) is 0 Å². The Bertz CT molecular complexity index is 954. The molecule has 1 aliphatic rings. The van der Waals surface area contributed by atoms with Gasteiger partial charge >= 0.3 is 5.97 Å². The molecule has 7 nitrogen and oxygen atoms in total. The average Bonchev–Trinajstić information content (AvgIpc) is 2.84. The van der Waals surface area contributed by atoms with Gasteiger partial charge in [-0.25, -0.2) is 5.43 Å². The van der Waals surface area contributed by atoms with Crippen LogP contribution < -0.4 is 10.7 Å². The van der Waals surface area contributed by atoms with Crippen molar-refractivity contribution in [3.05, 3.63) is 64.7 Å². The number of amidine groups is 1. The maximum Gasteiger partial charge on any atom is 0.308 e. The number of carbonyl (C=O) groups is 2. The zero-order chi connectivity index (χ0) is 20.1. The maximum atomic E-state index is 12.0. The van der Waals surface area contributed by atoms with E-state index in [1.54, 1.807) is 12.1 Å². The fourth-order valence-corrected chi connectivity index (χ4v) is 2.90. The van der Waals surface area contributed by atoms with Crippen LogP contribution in [0.2, 0.25) is 5.02 Å². The van der Waals surface area contributed by atoms with E-state index in [0.717, 1.165) is 16.8 Å². The summed E-state index contributed by atoms with van der Waals surface area (Å²) in [6.45, 7) is 1.35. The number of para-hydroxylation sites is 1. The number of benzene rings is 2. The molecule has 2 aromatic carbocycles. The zero-order valence-corrected chi connectivity index (χ0v) is 16.2. The van der Waals surface area contributed by atoms with Crippen LogP contribution in [0.3, 0.4) is 0 Å². The third kappa shape index (κ3) is 4.55. The van der Waals surface area contributed by atoms with Gasteiger partial charge in [0.25, 0.3) is 0 Å². The lowest BCUT2D eigenvalue weighted by atomic mass is 10.0. The van der Waals surface area contributed by atoms with Gasteiger partial charge in [0.1, 0.15) is 6.04 Å². The van der Waals surface area contributed by atoms with E-state index in [4.69, 9.17) is 21.3 Å². The molecule has 0 bridgehead atoms. The molecule has 0 saturated carbocycles. The summed E-state index contributed by atoms with van der Waals surface area (Å²) in [5.41, 5.74) is 5.53. The summed E-state index contributed by atoms with van der Waals surface area (Å²) in [6.07, 6.45) is -0.0347. The molecule has 0 radical (unpaired) electrons. The number of nitrogens with one attached hydrogen (secondary N) is 2. The number of hydrazone groups is 1. The van der Waals surface area contributed by atoms with E-state index in [9.17, 15) is 9.59 Å². The normalized spacial score (nSPS) is 17.0. The Morgan fingerprint density at radius 1 is 1.21 bits per heavy atom. The van der Waals surface area contributed by atoms with E-state index >= 15 is 0 Å². The lowest BCUT2D eigenvalue weighted by Gasteiger charge is -2.14. The zero-order valence-electron chi connectivity index (χ0n) is 15.4. The van der Waals surface area contributed by atoms with Crippen LogP contribution in [-0.2, 0) is 14.3 Å². The lowest BCUT2D eigenvalue weighted by molar-refractivity contribution is -0.140. The number of amides is 1. The first-order valence-electron chi connectivity index (χ1n) is 8.59. The van der Waals surface area contributed by atoms with E-state index in [0.29, 0.717) is 16.6 Å². The third-order valence-electron chi connectivity index (χ3n) is 4.08. The fourth-order valence-electron chi connectivity index (χ4n) is 2.77. The average molecular weight is 399 g/mol. The predicted octanol–water partition coefficient (Wildman–Crippen LogP) is 2.98. The molecular formula is C20H19ClN4O3. The number of hydrogen-bond acceptors (Lipinski definition) is 5. The highest BCUT2D eigenvalue weighted by Gasteiger charge is 2.27. The van der Waals surface area contributed by atoms with Gasteiger partial charge < -0.3 is 10.1 Å². The fraction of sp³-hybridized carbons (Fsp3) is 0.200. The summed E-state index contributed by atoms with van der Waals surface area (Å²) in [5, 5.41) is 7.93. The minimum absolute atomic E-state index is 0.0347. The summed E-state index contributed by atoms with van der Waals surface area (Å²) in [7, 11) is 1.32. The van der Waals surface area contributed by atoms with Gasteiger partial charge in [0, 0.05) is 28.8 Å². The quantitative estimate of drug-likeness (QED) is 0.611. The number of halogens is 1. The first-order valence-corrected chi connectivity index (χ1v) is 8.97. The van der Waals surface area contributed by atoms with Gasteiger partial charge in [-0.2, -0.15) is 5.10 Å². The summed E-state index contributed by atoms with van der Waals surface area (Å²) >= 11 is 6.02. The van der Waals surface area contributed by atoms with E-state index in [-0.39, 0.29) is 12.3 Å². The standard InChI is InChI=1S/C20H19ClN4O3/c1-12(26)24-25-20-17(11-18(27)28-2)22-19(13-7-9-14(21)10-8-13)15-5-3-4-6-16(15)23-20/h3-10,17H,11H2,1-2H3,(H,23,25)(H,24,26)/t17-/m0/s1. The predicted molar refractivity (Wildman–Crippen MR) is 109 cm³/mol. The minimum Gasteiger partial charge on any atom is -0.469 e. The molecule has 3 rings (SSSR count). The van der Waals surface area contributed by atoms with Gasteiger partial charge in [0.2, 0.25) is 5.91 Å². The molecule has 1 heterocycles. The van der Waals surface area contributed by atoms with Gasteiger partial charge in [-0.3, -0.25) is 14.6 Å². The topological polar surface area (TPSA) is 92.2 Å². The van der Waals surface area contributed by atoms with Gasteiger partial charge in [-0.15, -0.1) is 0 Å². The number of nitrogens with zero attached hydrogens (tertiary/aromatic N) is 2. The number of esters is 1. The van der Waals surface area contributed by atoms with Crippen LogP contribution in [0.25, 0.3) is 0 Å². The molecule has 0 aliphatic carbocycles. The number of anilines is 1. The second kappa shape index (κ2) is 8.67. The van der Waals surface area contributed by atoms with Crippen molar-refractivity contribution >= 4 is 40.7 Å². The van der Waals surface area contributed by atoms with E-state index in [1.807, 2.05) is 36.4 Å². The first kappa shape index (κ1) is 19.6. The van der Waals surface area contributed by atoms with Crippen molar-refractivity contribution < 1.29 is 14.3 Å². The Kier molecular flexibility index (Phi) is 6.06. The molecule has 2 N–H and O–H groups in total. The van der Waals surface area contributed by atoms with Crippen LogP contribution in [0.15, 0.2) is 58.6 Å². The number of carbonyl (C=O) groups excluding carboxylic acids is 2.